The molecule has 0 aliphatic heterocycles. The molecule has 0 aliphatic carbocycles. The average molecular weight is 302 g/mol. The van der Waals surface area contributed by atoms with Crippen LogP contribution in [0.3, 0.4) is 0 Å². The van der Waals surface area contributed by atoms with E-state index < -0.39 is 0 Å². The van der Waals surface area contributed by atoms with Crippen LogP contribution in [0.5, 0.6) is 0 Å². The quantitative estimate of drug-likeness (QED) is 0.684. The fourth-order valence-corrected chi connectivity index (χ4v) is 2.35. The van der Waals surface area contributed by atoms with Crippen molar-refractivity contribution in [3.8, 4) is 5.82 Å². The van der Waals surface area contributed by atoms with E-state index >= 15 is 0 Å². The molecule has 0 amide bonds. The van der Waals surface area contributed by atoms with E-state index in [9.17, 15) is 0 Å². The van der Waals surface area contributed by atoms with E-state index in [-0.39, 0.29) is 0 Å². The number of aromatic nitrogens is 3. The maximum Gasteiger partial charge on any atom is 0.161 e. The molecule has 4 heteroatoms. The van der Waals surface area contributed by atoms with E-state index in [4.69, 9.17) is 0 Å². The first-order valence-corrected chi connectivity index (χ1v) is 6.53. The van der Waals surface area contributed by atoms with Gasteiger partial charge < -0.3 is 0 Å². The lowest BCUT2D eigenvalue weighted by molar-refractivity contribution is 0.813. The lowest BCUT2D eigenvalue weighted by atomic mass is 10.1. The van der Waals surface area contributed by atoms with Gasteiger partial charge in [-0.05, 0) is 41.2 Å². The van der Waals surface area contributed by atoms with Crippen LogP contribution in [-0.2, 0) is 0 Å². The molecule has 90 valence electrons. The van der Waals surface area contributed by atoms with Gasteiger partial charge in [0.1, 0.15) is 0 Å². The summed E-state index contributed by atoms with van der Waals surface area (Å²) in [6, 6.07) is 10.2. The van der Waals surface area contributed by atoms with Gasteiger partial charge in [-0.25, -0.2) is 9.67 Å². The Hall–Kier alpha value is -1.68. The van der Waals surface area contributed by atoms with E-state index in [2.05, 4.69) is 38.1 Å². The Balaban J connectivity index is 2.35. The summed E-state index contributed by atoms with van der Waals surface area (Å²) in [5.41, 5.74) is 2.04. The van der Waals surface area contributed by atoms with Crippen molar-refractivity contribution in [2.45, 2.75) is 13.8 Å². The van der Waals surface area contributed by atoms with Crippen molar-refractivity contribution < 1.29 is 0 Å². The number of rotatable bonds is 1. The van der Waals surface area contributed by atoms with Crippen LogP contribution in [0.25, 0.3) is 16.6 Å². The second-order valence-corrected chi connectivity index (χ2v) is 5.05. The highest BCUT2D eigenvalue weighted by molar-refractivity contribution is 9.10. The van der Waals surface area contributed by atoms with E-state index in [1.807, 2.05) is 42.9 Å². The normalized spacial score (nSPS) is 11.1. The molecular formula is C14H12BrN3. The number of nitrogens with zero attached hydrogens (tertiary/aromatic N) is 3. The van der Waals surface area contributed by atoms with Crippen molar-refractivity contribution in [3.63, 3.8) is 0 Å². The summed E-state index contributed by atoms with van der Waals surface area (Å²) in [6.45, 7) is 4.02. The minimum absolute atomic E-state index is 0.874. The molecular weight excluding hydrogens is 290 g/mol. The first kappa shape index (κ1) is 11.4. The highest BCUT2D eigenvalue weighted by Crippen LogP contribution is 2.25. The molecule has 0 spiro atoms. The molecule has 18 heavy (non-hydrogen) atoms. The number of pyridine rings is 1. The SMILES string of the molecule is Cc1nn(-c2nccc3ccccc23)c(C)c1Br. The van der Waals surface area contributed by atoms with Crippen LogP contribution >= 0.6 is 15.9 Å². The summed E-state index contributed by atoms with van der Waals surface area (Å²) in [7, 11) is 0. The van der Waals surface area contributed by atoms with E-state index in [0.29, 0.717) is 0 Å². The Morgan fingerprint density at radius 3 is 2.61 bits per heavy atom. The molecule has 3 nitrogen and oxygen atoms in total. The fraction of sp³-hybridized carbons (Fsp3) is 0.143. The van der Waals surface area contributed by atoms with Crippen molar-refractivity contribution in [1.82, 2.24) is 14.8 Å². The van der Waals surface area contributed by atoms with Gasteiger partial charge in [-0.2, -0.15) is 5.10 Å². The molecule has 0 bridgehead atoms. The van der Waals surface area contributed by atoms with Gasteiger partial charge >= 0.3 is 0 Å². The Bertz CT molecular complexity index is 726. The predicted molar refractivity (Wildman–Crippen MR) is 76.0 cm³/mol. The van der Waals surface area contributed by atoms with Gasteiger partial charge in [-0.15, -0.1) is 0 Å². The third kappa shape index (κ3) is 1.64. The summed E-state index contributed by atoms with van der Waals surface area (Å²) in [4.78, 5) is 4.47. The van der Waals surface area contributed by atoms with Gasteiger partial charge in [0.2, 0.25) is 0 Å². The van der Waals surface area contributed by atoms with Gasteiger partial charge in [-0.3, -0.25) is 0 Å². The van der Waals surface area contributed by atoms with E-state index in [0.717, 1.165) is 27.1 Å². The number of benzene rings is 1. The molecule has 0 N–H and O–H groups in total. The van der Waals surface area contributed by atoms with Crippen molar-refractivity contribution >= 4 is 26.7 Å². The molecule has 0 saturated heterocycles. The summed E-state index contributed by atoms with van der Waals surface area (Å²) in [6.07, 6.45) is 1.82. The molecule has 0 radical (unpaired) electrons. The zero-order valence-electron chi connectivity index (χ0n) is 10.2. The summed E-state index contributed by atoms with van der Waals surface area (Å²) in [5, 5.41) is 6.82. The molecule has 3 rings (SSSR count). The van der Waals surface area contributed by atoms with Gasteiger partial charge in [-0.1, -0.05) is 24.3 Å². The zero-order valence-corrected chi connectivity index (χ0v) is 11.8. The van der Waals surface area contributed by atoms with Crippen molar-refractivity contribution in [1.29, 1.82) is 0 Å². The van der Waals surface area contributed by atoms with Crippen molar-refractivity contribution in [3.05, 3.63) is 52.4 Å². The van der Waals surface area contributed by atoms with Crippen LogP contribution in [-0.4, -0.2) is 14.8 Å². The Morgan fingerprint density at radius 2 is 1.89 bits per heavy atom. The molecule has 2 heterocycles. The smallest absolute Gasteiger partial charge is 0.161 e. The zero-order chi connectivity index (χ0) is 12.7. The average Bonchev–Trinajstić information content (AvgIpc) is 2.66. The predicted octanol–water partition coefficient (Wildman–Crippen LogP) is 3.80. The topological polar surface area (TPSA) is 30.7 Å². The van der Waals surface area contributed by atoms with E-state index in [1.54, 1.807) is 0 Å². The summed E-state index contributed by atoms with van der Waals surface area (Å²) in [5.74, 6) is 0.874. The molecule has 1 aromatic carbocycles. The molecule has 0 saturated carbocycles. The Labute approximate surface area is 114 Å². The number of halogens is 1. The van der Waals surface area contributed by atoms with Crippen molar-refractivity contribution in [2.24, 2.45) is 0 Å². The van der Waals surface area contributed by atoms with E-state index in [1.165, 1.54) is 5.39 Å². The third-order valence-corrected chi connectivity index (χ3v) is 4.20. The fourth-order valence-electron chi connectivity index (χ4n) is 2.10. The second kappa shape index (κ2) is 4.21. The molecule has 2 aromatic heterocycles. The number of hydrogen-bond donors (Lipinski definition) is 0. The first-order chi connectivity index (χ1) is 8.68. The highest BCUT2D eigenvalue weighted by Gasteiger charge is 2.13. The number of hydrogen-bond acceptors (Lipinski definition) is 2. The lowest BCUT2D eigenvalue weighted by Crippen LogP contribution is -2.02. The van der Waals surface area contributed by atoms with Crippen molar-refractivity contribution in [2.75, 3.05) is 0 Å². The minimum Gasteiger partial charge on any atom is -0.237 e. The van der Waals surface area contributed by atoms with Crippen LogP contribution < -0.4 is 0 Å². The maximum absolute atomic E-state index is 4.54. The Morgan fingerprint density at radius 1 is 1.11 bits per heavy atom. The van der Waals surface area contributed by atoms with Crippen LogP contribution in [0.1, 0.15) is 11.4 Å². The summed E-state index contributed by atoms with van der Waals surface area (Å²) < 4.78 is 2.93. The molecule has 0 fully saturated rings. The third-order valence-electron chi connectivity index (χ3n) is 3.06. The molecule has 0 unspecified atom stereocenters. The van der Waals surface area contributed by atoms with Crippen LogP contribution in [0.2, 0.25) is 0 Å². The number of aryl methyl sites for hydroxylation is 1. The first-order valence-electron chi connectivity index (χ1n) is 5.74. The number of fused-ring (bicyclic) bond motifs is 1. The Kier molecular flexibility index (Phi) is 2.67. The van der Waals surface area contributed by atoms with Gasteiger partial charge in [0.25, 0.3) is 0 Å². The molecule has 0 atom stereocenters. The lowest BCUT2D eigenvalue weighted by Gasteiger charge is -2.07. The molecule has 0 aliphatic rings. The van der Waals surface area contributed by atoms with Crippen LogP contribution in [0.15, 0.2) is 41.0 Å². The maximum atomic E-state index is 4.54. The molecule has 3 aromatic rings. The monoisotopic (exact) mass is 301 g/mol. The van der Waals surface area contributed by atoms with Crippen LogP contribution in [0, 0.1) is 13.8 Å². The largest absolute Gasteiger partial charge is 0.237 e. The van der Waals surface area contributed by atoms with Gasteiger partial charge in [0.05, 0.1) is 15.9 Å². The summed E-state index contributed by atoms with van der Waals surface area (Å²) >= 11 is 3.55. The van der Waals surface area contributed by atoms with Crippen LogP contribution in [0.4, 0.5) is 0 Å². The van der Waals surface area contributed by atoms with Gasteiger partial charge in [0.15, 0.2) is 5.82 Å². The highest BCUT2D eigenvalue weighted by atomic mass is 79.9. The van der Waals surface area contributed by atoms with Gasteiger partial charge in [0, 0.05) is 11.6 Å². The second-order valence-electron chi connectivity index (χ2n) is 4.25. The minimum atomic E-state index is 0.874. The standard InChI is InChI=1S/C14H12BrN3/c1-9-13(15)10(2)18(17-9)14-12-6-4-3-5-11(12)7-8-16-14/h3-8H,1-2H3.